The van der Waals surface area contributed by atoms with Crippen molar-refractivity contribution in [2.75, 3.05) is 0 Å². The van der Waals surface area contributed by atoms with Crippen molar-refractivity contribution in [3.63, 3.8) is 0 Å². The van der Waals surface area contributed by atoms with Crippen LogP contribution in [0.25, 0.3) is 0 Å². The molecule has 4 heteroatoms. The van der Waals surface area contributed by atoms with Crippen LogP contribution in [0.2, 0.25) is 0 Å². The molecule has 0 aliphatic heterocycles. The van der Waals surface area contributed by atoms with Crippen LogP contribution in [0.4, 0.5) is 0 Å². The summed E-state index contributed by atoms with van der Waals surface area (Å²) in [4.78, 5) is 4.47. The maximum absolute atomic E-state index is 10.0. The summed E-state index contributed by atoms with van der Waals surface area (Å²) in [6, 6.07) is 8.37. The summed E-state index contributed by atoms with van der Waals surface area (Å²) in [5.74, 6) is 1.65. The van der Waals surface area contributed by atoms with E-state index >= 15 is 0 Å². The van der Waals surface area contributed by atoms with Gasteiger partial charge >= 0.3 is 0 Å². The van der Waals surface area contributed by atoms with E-state index in [0.717, 1.165) is 25.1 Å². The van der Waals surface area contributed by atoms with E-state index < -0.39 is 0 Å². The average Bonchev–Trinajstić information content (AvgIpc) is 2.91. The Morgan fingerprint density at radius 1 is 1.19 bits per heavy atom. The standard InChI is InChI=1S/C17H22N2O2/c1-12-6-8-13(9-7-12)10-16-18-17(21-19-16)11-14-4-2-3-5-15(14)20/h6-9,14-15,20H,2-5,10-11H2,1H3. The van der Waals surface area contributed by atoms with Crippen LogP contribution >= 0.6 is 0 Å². The third-order valence-corrected chi connectivity index (χ3v) is 4.30. The highest BCUT2D eigenvalue weighted by molar-refractivity contribution is 5.23. The second kappa shape index (κ2) is 6.39. The lowest BCUT2D eigenvalue weighted by molar-refractivity contribution is 0.0657. The van der Waals surface area contributed by atoms with Gasteiger partial charge in [0, 0.05) is 12.8 Å². The Morgan fingerprint density at radius 2 is 1.95 bits per heavy atom. The lowest BCUT2D eigenvalue weighted by Crippen LogP contribution is -2.26. The molecule has 2 atom stereocenters. The molecule has 1 saturated carbocycles. The summed E-state index contributed by atoms with van der Waals surface area (Å²) in [5, 5.41) is 14.1. The fourth-order valence-corrected chi connectivity index (χ4v) is 2.98. The molecule has 21 heavy (non-hydrogen) atoms. The Bertz CT molecular complexity index is 577. The van der Waals surface area contributed by atoms with Crippen molar-refractivity contribution in [3.8, 4) is 0 Å². The Kier molecular flexibility index (Phi) is 4.34. The van der Waals surface area contributed by atoms with Gasteiger partial charge < -0.3 is 9.63 Å². The van der Waals surface area contributed by atoms with Crippen molar-refractivity contribution >= 4 is 0 Å². The second-order valence-electron chi connectivity index (χ2n) is 6.08. The molecule has 1 aliphatic carbocycles. The smallest absolute Gasteiger partial charge is 0.227 e. The average molecular weight is 286 g/mol. The van der Waals surface area contributed by atoms with E-state index in [1.165, 1.54) is 17.5 Å². The zero-order chi connectivity index (χ0) is 14.7. The van der Waals surface area contributed by atoms with Gasteiger partial charge in [-0.1, -0.05) is 47.8 Å². The predicted molar refractivity (Wildman–Crippen MR) is 80.0 cm³/mol. The van der Waals surface area contributed by atoms with E-state index in [9.17, 15) is 5.11 Å². The van der Waals surface area contributed by atoms with Crippen molar-refractivity contribution in [2.45, 2.75) is 51.6 Å². The van der Waals surface area contributed by atoms with E-state index in [1.807, 2.05) is 0 Å². The minimum atomic E-state index is -0.216. The lowest BCUT2D eigenvalue weighted by atomic mass is 9.84. The normalized spacial score (nSPS) is 22.4. The van der Waals surface area contributed by atoms with E-state index in [2.05, 4.69) is 41.3 Å². The molecule has 0 saturated heterocycles. The molecule has 1 heterocycles. The van der Waals surface area contributed by atoms with E-state index in [0.29, 0.717) is 18.7 Å². The minimum Gasteiger partial charge on any atom is -0.393 e. The lowest BCUT2D eigenvalue weighted by Gasteiger charge is -2.26. The molecular weight excluding hydrogens is 264 g/mol. The molecular formula is C17H22N2O2. The topological polar surface area (TPSA) is 59.2 Å². The monoisotopic (exact) mass is 286 g/mol. The first-order valence-corrected chi connectivity index (χ1v) is 7.76. The SMILES string of the molecule is Cc1ccc(Cc2noc(CC3CCCCC3O)n2)cc1. The van der Waals surface area contributed by atoms with Gasteiger partial charge in [0.25, 0.3) is 0 Å². The zero-order valence-corrected chi connectivity index (χ0v) is 12.5. The fraction of sp³-hybridized carbons (Fsp3) is 0.529. The Morgan fingerprint density at radius 3 is 2.71 bits per heavy atom. The van der Waals surface area contributed by atoms with Crippen molar-refractivity contribution in [2.24, 2.45) is 5.92 Å². The van der Waals surface area contributed by atoms with Gasteiger partial charge in [-0.05, 0) is 31.2 Å². The molecule has 1 N–H and O–H groups in total. The molecule has 1 fully saturated rings. The Balaban J connectivity index is 1.61. The number of aromatic nitrogens is 2. The molecule has 0 amide bonds. The van der Waals surface area contributed by atoms with Crippen LogP contribution in [0.1, 0.15) is 48.5 Å². The Labute approximate surface area is 125 Å². The summed E-state index contributed by atoms with van der Waals surface area (Å²) in [6.45, 7) is 2.08. The highest BCUT2D eigenvalue weighted by atomic mass is 16.5. The number of aryl methyl sites for hydroxylation is 1. The summed E-state index contributed by atoms with van der Waals surface area (Å²) < 4.78 is 5.34. The third kappa shape index (κ3) is 3.70. The fourth-order valence-electron chi connectivity index (χ4n) is 2.98. The van der Waals surface area contributed by atoms with Crippen molar-refractivity contribution in [3.05, 3.63) is 47.1 Å². The van der Waals surface area contributed by atoms with Crippen molar-refractivity contribution in [1.82, 2.24) is 10.1 Å². The van der Waals surface area contributed by atoms with Gasteiger partial charge in [0.2, 0.25) is 5.89 Å². The van der Waals surface area contributed by atoms with Gasteiger partial charge in [-0.3, -0.25) is 0 Å². The van der Waals surface area contributed by atoms with Crippen molar-refractivity contribution in [1.29, 1.82) is 0 Å². The summed E-state index contributed by atoms with van der Waals surface area (Å²) >= 11 is 0. The summed E-state index contributed by atoms with van der Waals surface area (Å²) in [5.41, 5.74) is 2.43. The number of rotatable bonds is 4. The van der Waals surface area contributed by atoms with Crippen LogP contribution in [-0.2, 0) is 12.8 Å². The number of aliphatic hydroxyl groups excluding tert-OH is 1. The first-order chi connectivity index (χ1) is 10.2. The zero-order valence-electron chi connectivity index (χ0n) is 12.5. The maximum Gasteiger partial charge on any atom is 0.227 e. The van der Waals surface area contributed by atoms with Crippen LogP contribution in [0.3, 0.4) is 0 Å². The predicted octanol–water partition coefficient (Wildman–Crippen LogP) is 3.06. The second-order valence-corrected chi connectivity index (χ2v) is 6.08. The Hall–Kier alpha value is -1.68. The van der Waals surface area contributed by atoms with Crippen molar-refractivity contribution < 1.29 is 9.63 Å². The number of nitrogens with zero attached hydrogens (tertiary/aromatic N) is 2. The van der Waals surface area contributed by atoms with E-state index in [-0.39, 0.29) is 12.0 Å². The summed E-state index contributed by atoms with van der Waals surface area (Å²) in [6.07, 6.45) is 5.43. The van der Waals surface area contributed by atoms with Gasteiger partial charge in [-0.2, -0.15) is 4.98 Å². The van der Waals surface area contributed by atoms with Gasteiger partial charge in [0.15, 0.2) is 5.82 Å². The maximum atomic E-state index is 10.0. The van der Waals surface area contributed by atoms with E-state index in [1.54, 1.807) is 0 Å². The number of aliphatic hydroxyl groups is 1. The van der Waals surface area contributed by atoms with Gasteiger partial charge in [-0.25, -0.2) is 0 Å². The molecule has 1 aromatic heterocycles. The molecule has 2 aromatic rings. The third-order valence-electron chi connectivity index (χ3n) is 4.30. The largest absolute Gasteiger partial charge is 0.393 e. The number of benzene rings is 1. The number of hydrogen-bond donors (Lipinski definition) is 1. The quantitative estimate of drug-likeness (QED) is 0.938. The molecule has 3 rings (SSSR count). The first-order valence-electron chi connectivity index (χ1n) is 7.76. The van der Waals surface area contributed by atoms with Gasteiger partial charge in [0.1, 0.15) is 0 Å². The van der Waals surface area contributed by atoms with E-state index in [4.69, 9.17) is 4.52 Å². The molecule has 4 nitrogen and oxygen atoms in total. The van der Waals surface area contributed by atoms with Crippen LogP contribution < -0.4 is 0 Å². The molecule has 1 aromatic carbocycles. The molecule has 2 unspecified atom stereocenters. The first kappa shape index (κ1) is 14.3. The molecule has 1 aliphatic rings. The van der Waals surface area contributed by atoms with Crippen LogP contribution in [-0.4, -0.2) is 21.4 Å². The highest BCUT2D eigenvalue weighted by Crippen LogP contribution is 2.27. The van der Waals surface area contributed by atoms with Crippen LogP contribution in [0.15, 0.2) is 28.8 Å². The molecule has 0 bridgehead atoms. The van der Waals surface area contributed by atoms with Crippen LogP contribution in [0.5, 0.6) is 0 Å². The number of hydrogen-bond acceptors (Lipinski definition) is 4. The summed E-state index contributed by atoms with van der Waals surface area (Å²) in [7, 11) is 0. The molecule has 0 radical (unpaired) electrons. The molecule has 0 spiro atoms. The van der Waals surface area contributed by atoms with Gasteiger partial charge in [-0.15, -0.1) is 0 Å². The van der Waals surface area contributed by atoms with Crippen LogP contribution in [0, 0.1) is 12.8 Å². The van der Waals surface area contributed by atoms with Gasteiger partial charge in [0.05, 0.1) is 6.10 Å². The highest BCUT2D eigenvalue weighted by Gasteiger charge is 2.25. The molecule has 112 valence electrons. The minimum absolute atomic E-state index is 0.216.